The van der Waals surface area contributed by atoms with Crippen LogP contribution in [0.25, 0.3) is 0 Å². The molecule has 0 saturated heterocycles. The van der Waals surface area contributed by atoms with Crippen molar-refractivity contribution in [1.29, 1.82) is 0 Å². The SMILES string of the molecule is CCC1(CC)C(N)CC1c1ccc(Cl)cc1Cl. The highest BCUT2D eigenvalue weighted by Crippen LogP contribution is 2.57. The van der Waals surface area contributed by atoms with E-state index in [-0.39, 0.29) is 5.41 Å². The van der Waals surface area contributed by atoms with Gasteiger partial charge in [0, 0.05) is 16.1 Å². The monoisotopic (exact) mass is 271 g/mol. The molecular weight excluding hydrogens is 253 g/mol. The van der Waals surface area contributed by atoms with E-state index < -0.39 is 0 Å². The van der Waals surface area contributed by atoms with Gasteiger partial charge in [0.2, 0.25) is 0 Å². The molecule has 0 amide bonds. The topological polar surface area (TPSA) is 26.0 Å². The molecule has 2 rings (SSSR count). The van der Waals surface area contributed by atoms with Crippen molar-refractivity contribution >= 4 is 23.2 Å². The molecule has 1 nitrogen and oxygen atoms in total. The third kappa shape index (κ3) is 1.99. The van der Waals surface area contributed by atoms with Gasteiger partial charge in [0.1, 0.15) is 0 Å². The van der Waals surface area contributed by atoms with E-state index in [0.717, 1.165) is 24.3 Å². The Kier molecular flexibility index (Phi) is 3.72. The fraction of sp³-hybridized carbons (Fsp3) is 0.571. The van der Waals surface area contributed by atoms with E-state index in [2.05, 4.69) is 19.9 Å². The lowest BCUT2D eigenvalue weighted by atomic mass is 9.52. The summed E-state index contributed by atoms with van der Waals surface area (Å²) >= 11 is 12.2. The smallest absolute Gasteiger partial charge is 0.0455 e. The molecule has 2 unspecified atom stereocenters. The van der Waals surface area contributed by atoms with Crippen LogP contribution >= 0.6 is 23.2 Å². The van der Waals surface area contributed by atoms with Gasteiger partial charge in [0.05, 0.1) is 0 Å². The Bertz CT molecular complexity index is 413. The summed E-state index contributed by atoms with van der Waals surface area (Å²) in [6.07, 6.45) is 3.24. The summed E-state index contributed by atoms with van der Waals surface area (Å²) in [6.45, 7) is 4.44. The number of hydrogen-bond donors (Lipinski definition) is 1. The molecule has 17 heavy (non-hydrogen) atoms. The average Bonchev–Trinajstić information content (AvgIpc) is 2.29. The Morgan fingerprint density at radius 2 is 1.94 bits per heavy atom. The molecule has 0 heterocycles. The first-order valence-electron chi connectivity index (χ1n) is 6.25. The molecule has 1 aromatic rings. The third-order valence-corrected chi connectivity index (χ3v) is 5.14. The minimum atomic E-state index is 0.220. The van der Waals surface area contributed by atoms with Crippen molar-refractivity contribution in [3.05, 3.63) is 33.8 Å². The summed E-state index contributed by atoms with van der Waals surface area (Å²) in [6, 6.07) is 6.11. The van der Waals surface area contributed by atoms with Crippen molar-refractivity contribution in [1.82, 2.24) is 0 Å². The van der Waals surface area contributed by atoms with Gasteiger partial charge in [-0.2, -0.15) is 0 Å². The largest absolute Gasteiger partial charge is 0.327 e. The van der Waals surface area contributed by atoms with Gasteiger partial charge in [-0.1, -0.05) is 43.1 Å². The second kappa shape index (κ2) is 4.79. The molecule has 3 heteroatoms. The summed E-state index contributed by atoms with van der Waals surface area (Å²) in [5.74, 6) is 0.484. The van der Waals surface area contributed by atoms with E-state index in [1.165, 1.54) is 5.56 Å². The second-order valence-corrected chi connectivity index (χ2v) is 5.84. The average molecular weight is 272 g/mol. The zero-order valence-corrected chi connectivity index (χ0v) is 11.9. The fourth-order valence-corrected chi connectivity index (χ4v) is 3.85. The van der Waals surface area contributed by atoms with Crippen LogP contribution in [-0.4, -0.2) is 6.04 Å². The lowest BCUT2D eigenvalue weighted by Crippen LogP contribution is -2.55. The number of nitrogens with two attached hydrogens (primary N) is 1. The molecule has 0 spiro atoms. The Balaban J connectivity index is 2.35. The van der Waals surface area contributed by atoms with E-state index in [1.54, 1.807) is 0 Å². The summed E-state index contributed by atoms with van der Waals surface area (Å²) in [4.78, 5) is 0. The predicted octanol–water partition coefficient (Wildman–Crippen LogP) is 4.61. The van der Waals surface area contributed by atoms with Crippen LogP contribution in [0.4, 0.5) is 0 Å². The molecule has 0 aliphatic heterocycles. The quantitative estimate of drug-likeness (QED) is 0.854. The van der Waals surface area contributed by atoms with Crippen molar-refractivity contribution in [2.24, 2.45) is 11.1 Å². The van der Waals surface area contributed by atoms with Crippen LogP contribution in [0.5, 0.6) is 0 Å². The van der Waals surface area contributed by atoms with E-state index in [9.17, 15) is 0 Å². The van der Waals surface area contributed by atoms with E-state index in [0.29, 0.717) is 17.0 Å². The van der Waals surface area contributed by atoms with Gasteiger partial charge in [-0.05, 0) is 48.3 Å². The maximum atomic E-state index is 6.30. The maximum Gasteiger partial charge on any atom is 0.0455 e. The number of halogens is 2. The summed E-state index contributed by atoms with van der Waals surface area (Å²) in [5, 5.41) is 1.47. The molecule has 1 fully saturated rings. The Morgan fingerprint density at radius 1 is 1.29 bits per heavy atom. The molecule has 0 bridgehead atoms. The molecule has 2 atom stereocenters. The highest BCUT2D eigenvalue weighted by Gasteiger charge is 2.51. The van der Waals surface area contributed by atoms with Crippen LogP contribution in [0.1, 0.15) is 44.6 Å². The molecular formula is C14H19Cl2N. The van der Waals surface area contributed by atoms with Crippen molar-refractivity contribution < 1.29 is 0 Å². The van der Waals surface area contributed by atoms with Crippen LogP contribution in [0.15, 0.2) is 18.2 Å². The minimum absolute atomic E-state index is 0.220. The first-order valence-corrected chi connectivity index (χ1v) is 7.01. The van der Waals surface area contributed by atoms with Gasteiger partial charge in [0.15, 0.2) is 0 Å². The standard InChI is InChI=1S/C14H19Cl2N/c1-3-14(4-2)11(8-13(14)17)10-6-5-9(15)7-12(10)16/h5-7,11,13H,3-4,8,17H2,1-2H3. The van der Waals surface area contributed by atoms with Gasteiger partial charge in [-0.3, -0.25) is 0 Å². The van der Waals surface area contributed by atoms with Gasteiger partial charge in [0.25, 0.3) is 0 Å². The van der Waals surface area contributed by atoms with Gasteiger partial charge >= 0.3 is 0 Å². The molecule has 2 N–H and O–H groups in total. The number of rotatable bonds is 3. The maximum absolute atomic E-state index is 6.30. The highest BCUT2D eigenvalue weighted by atomic mass is 35.5. The zero-order valence-electron chi connectivity index (χ0n) is 10.3. The van der Waals surface area contributed by atoms with E-state index >= 15 is 0 Å². The molecule has 1 saturated carbocycles. The highest BCUT2D eigenvalue weighted by molar-refractivity contribution is 6.35. The lowest BCUT2D eigenvalue weighted by Gasteiger charge is -2.55. The summed E-state index contributed by atoms with van der Waals surface area (Å²) in [7, 11) is 0. The van der Waals surface area contributed by atoms with Crippen molar-refractivity contribution in [3.8, 4) is 0 Å². The normalized spacial score (nSPS) is 26.6. The van der Waals surface area contributed by atoms with Gasteiger partial charge < -0.3 is 5.73 Å². The molecule has 1 aliphatic carbocycles. The van der Waals surface area contributed by atoms with Crippen LogP contribution in [-0.2, 0) is 0 Å². The van der Waals surface area contributed by atoms with Crippen molar-refractivity contribution in [2.75, 3.05) is 0 Å². The van der Waals surface area contributed by atoms with Gasteiger partial charge in [-0.15, -0.1) is 0 Å². The minimum Gasteiger partial charge on any atom is -0.327 e. The van der Waals surface area contributed by atoms with Crippen LogP contribution < -0.4 is 5.73 Å². The Hall–Kier alpha value is -0.240. The predicted molar refractivity (Wildman–Crippen MR) is 74.8 cm³/mol. The van der Waals surface area contributed by atoms with Crippen LogP contribution in [0.2, 0.25) is 10.0 Å². The fourth-order valence-electron chi connectivity index (χ4n) is 3.31. The third-order valence-electron chi connectivity index (χ3n) is 4.58. The molecule has 0 radical (unpaired) electrons. The van der Waals surface area contributed by atoms with Crippen molar-refractivity contribution in [2.45, 2.75) is 45.1 Å². The van der Waals surface area contributed by atoms with E-state index in [1.807, 2.05) is 12.1 Å². The van der Waals surface area contributed by atoms with Crippen LogP contribution in [0, 0.1) is 5.41 Å². The first-order chi connectivity index (χ1) is 8.05. The first kappa shape index (κ1) is 13.2. The molecule has 0 aromatic heterocycles. The number of benzene rings is 1. The molecule has 1 aliphatic rings. The molecule has 94 valence electrons. The second-order valence-electron chi connectivity index (χ2n) is 5.00. The lowest BCUT2D eigenvalue weighted by molar-refractivity contribution is 0.0438. The Labute approximate surface area is 113 Å². The molecule has 1 aromatic carbocycles. The Morgan fingerprint density at radius 3 is 2.41 bits per heavy atom. The van der Waals surface area contributed by atoms with Crippen LogP contribution in [0.3, 0.4) is 0 Å². The number of hydrogen-bond acceptors (Lipinski definition) is 1. The summed E-state index contributed by atoms with van der Waals surface area (Å²) in [5.41, 5.74) is 7.65. The van der Waals surface area contributed by atoms with Crippen molar-refractivity contribution in [3.63, 3.8) is 0 Å². The van der Waals surface area contributed by atoms with Gasteiger partial charge in [-0.25, -0.2) is 0 Å². The van der Waals surface area contributed by atoms with E-state index in [4.69, 9.17) is 28.9 Å². The zero-order chi connectivity index (χ0) is 12.6. The summed E-state index contributed by atoms with van der Waals surface area (Å²) < 4.78 is 0.